The highest BCUT2D eigenvalue weighted by atomic mass is 19.1. The summed E-state index contributed by atoms with van der Waals surface area (Å²) in [6.45, 7) is 6.20. The molecule has 0 spiro atoms. The molecule has 1 aliphatic rings. The SMILES string of the molecule is CC(C)(C)c1cc(NC(=O)Nc2ccc(Oc3ncnc(N)c3C#N)cc2F)n(C2CCCCC2)n1. The van der Waals surface area contributed by atoms with Crippen LogP contribution >= 0.6 is 0 Å². The molecule has 1 aromatic carbocycles. The number of rotatable bonds is 5. The van der Waals surface area contributed by atoms with E-state index in [9.17, 15) is 14.4 Å². The molecule has 188 valence electrons. The molecule has 10 nitrogen and oxygen atoms in total. The van der Waals surface area contributed by atoms with Crippen LogP contribution in [0.4, 0.5) is 26.5 Å². The van der Waals surface area contributed by atoms with E-state index in [0.29, 0.717) is 5.82 Å². The zero-order valence-corrected chi connectivity index (χ0v) is 20.5. The minimum absolute atomic E-state index is 0.0395. The Hall–Kier alpha value is -4.20. The molecule has 11 heteroatoms. The second-order valence-corrected chi connectivity index (χ2v) is 9.77. The molecule has 4 rings (SSSR count). The number of nitriles is 1. The summed E-state index contributed by atoms with van der Waals surface area (Å²) in [5.74, 6) is -0.193. The van der Waals surface area contributed by atoms with Crippen molar-refractivity contribution < 1.29 is 13.9 Å². The fraction of sp³-hybridized carbons (Fsp3) is 0.400. The van der Waals surface area contributed by atoms with Crippen molar-refractivity contribution in [2.75, 3.05) is 16.4 Å². The molecule has 36 heavy (non-hydrogen) atoms. The molecule has 0 saturated heterocycles. The van der Waals surface area contributed by atoms with Gasteiger partial charge in [0.15, 0.2) is 5.56 Å². The number of nitrogens with zero attached hydrogens (tertiary/aromatic N) is 5. The van der Waals surface area contributed by atoms with Crippen molar-refractivity contribution in [1.82, 2.24) is 19.7 Å². The first kappa shape index (κ1) is 24.9. The molecule has 1 saturated carbocycles. The number of anilines is 3. The van der Waals surface area contributed by atoms with Gasteiger partial charge in [0.2, 0.25) is 5.88 Å². The monoisotopic (exact) mass is 492 g/mol. The van der Waals surface area contributed by atoms with Crippen LogP contribution in [0.3, 0.4) is 0 Å². The maximum atomic E-state index is 14.8. The summed E-state index contributed by atoms with van der Waals surface area (Å²) < 4.78 is 22.2. The fourth-order valence-corrected chi connectivity index (χ4v) is 4.07. The number of carbonyl (C=O) groups is 1. The first-order chi connectivity index (χ1) is 17.2. The van der Waals surface area contributed by atoms with Gasteiger partial charge in [0.05, 0.1) is 17.4 Å². The molecule has 1 aliphatic carbocycles. The van der Waals surface area contributed by atoms with Gasteiger partial charge in [0, 0.05) is 17.5 Å². The molecule has 2 amide bonds. The number of hydrogen-bond acceptors (Lipinski definition) is 7. The summed E-state index contributed by atoms with van der Waals surface area (Å²) >= 11 is 0. The van der Waals surface area contributed by atoms with Crippen molar-refractivity contribution >= 4 is 23.4 Å². The normalized spacial score (nSPS) is 14.2. The summed E-state index contributed by atoms with van der Waals surface area (Å²) in [6, 6.07) is 7.25. The number of halogens is 1. The summed E-state index contributed by atoms with van der Waals surface area (Å²) in [4.78, 5) is 20.4. The van der Waals surface area contributed by atoms with Gasteiger partial charge in [-0.25, -0.2) is 23.8 Å². The van der Waals surface area contributed by atoms with Crippen molar-refractivity contribution in [1.29, 1.82) is 5.26 Å². The van der Waals surface area contributed by atoms with Gasteiger partial charge in [-0.1, -0.05) is 40.0 Å². The zero-order chi connectivity index (χ0) is 25.9. The molecule has 2 aromatic heterocycles. The standard InChI is InChI=1S/C25H29FN8O2/c1-25(2,3)20-12-21(34(33-20)15-7-5-4-6-8-15)32-24(35)31-19-10-9-16(11-18(19)26)36-23-17(13-27)22(28)29-14-30-23/h9-12,14-15H,4-8H2,1-3H3,(H2,28,29,30)(H2,31,32,35). The number of nitrogens with two attached hydrogens (primary N) is 1. The molecular formula is C25H29FN8O2. The fourth-order valence-electron chi connectivity index (χ4n) is 4.07. The van der Waals surface area contributed by atoms with Crippen LogP contribution < -0.4 is 21.1 Å². The average molecular weight is 493 g/mol. The van der Waals surface area contributed by atoms with Gasteiger partial charge in [0.1, 0.15) is 35.6 Å². The van der Waals surface area contributed by atoms with Crippen LogP contribution in [0.1, 0.15) is 70.2 Å². The number of ether oxygens (including phenoxy) is 1. The minimum Gasteiger partial charge on any atom is -0.437 e. The third-order valence-electron chi connectivity index (χ3n) is 6.02. The Bertz CT molecular complexity index is 1300. The molecule has 0 atom stereocenters. The van der Waals surface area contributed by atoms with Gasteiger partial charge in [-0.15, -0.1) is 0 Å². The number of benzene rings is 1. The highest BCUT2D eigenvalue weighted by Gasteiger charge is 2.25. The molecule has 0 bridgehead atoms. The largest absolute Gasteiger partial charge is 0.437 e. The van der Waals surface area contributed by atoms with Gasteiger partial charge in [-0.05, 0) is 25.0 Å². The van der Waals surface area contributed by atoms with Gasteiger partial charge in [-0.2, -0.15) is 10.4 Å². The maximum Gasteiger partial charge on any atom is 0.324 e. The number of aromatic nitrogens is 4. The lowest BCUT2D eigenvalue weighted by Crippen LogP contribution is -2.24. The summed E-state index contributed by atoms with van der Waals surface area (Å²) in [6.07, 6.45) is 6.60. The van der Waals surface area contributed by atoms with E-state index in [1.165, 1.54) is 18.6 Å². The van der Waals surface area contributed by atoms with E-state index < -0.39 is 11.8 Å². The van der Waals surface area contributed by atoms with Crippen molar-refractivity contribution in [2.45, 2.75) is 64.3 Å². The Balaban J connectivity index is 1.49. The molecule has 0 radical (unpaired) electrons. The molecule has 3 aromatic rings. The van der Waals surface area contributed by atoms with E-state index in [1.54, 1.807) is 0 Å². The second-order valence-electron chi connectivity index (χ2n) is 9.77. The van der Waals surface area contributed by atoms with E-state index in [2.05, 4.69) is 41.4 Å². The Labute approximate surface area is 208 Å². The topological polar surface area (TPSA) is 144 Å². The lowest BCUT2D eigenvalue weighted by Gasteiger charge is -2.24. The second kappa shape index (κ2) is 10.2. The molecule has 4 N–H and O–H groups in total. The van der Waals surface area contributed by atoms with Crippen molar-refractivity contribution in [3.8, 4) is 17.7 Å². The Morgan fingerprint density at radius 3 is 2.61 bits per heavy atom. The number of amides is 2. The van der Waals surface area contributed by atoms with E-state index in [-0.39, 0.29) is 40.2 Å². The number of nitrogen functional groups attached to an aromatic ring is 1. The first-order valence-electron chi connectivity index (χ1n) is 11.8. The average Bonchev–Trinajstić information content (AvgIpc) is 3.26. The molecule has 1 fully saturated rings. The quantitative estimate of drug-likeness (QED) is 0.426. The van der Waals surface area contributed by atoms with Crippen LogP contribution in [0.15, 0.2) is 30.6 Å². The number of urea groups is 1. The number of nitrogens with one attached hydrogen (secondary N) is 2. The number of carbonyl (C=O) groups excluding carboxylic acids is 1. The predicted molar refractivity (Wildman–Crippen MR) is 133 cm³/mol. The van der Waals surface area contributed by atoms with Crippen LogP contribution in [-0.2, 0) is 5.41 Å². The van der Waals surface area contributed by atoms with Crippen LogP contribution in [0.2, 0.25) is 0 Å². The number of hydrogen-bond donors (Lipinski definition) is 3. The predicted octanol–water partition coefficient (Wildman–Crippen LogP) is 5.51. The maximum absolute atomic E-state index is 14.8. The first-order valence-corrected chi connectivity index (χ1v) is 11.8. The van der Waals surface area contributed by atoms with E-state index in [0.717, 1.165) is 43.8 Å². The van der Waals surface area contributed by atoms with Gasteiger partial charge in [-0.3, -0.25) is 5.32 Å². The Morgan fingerprint density at radius 2 is 1.94 bits per heavy atom. The van der Waals surface area contributed by atoms with E-state index in [1.807, 2.05) is 16.8 Å². The van der Waals surface area contributed by atoms with E-state index >= 15 is 0 Å². The van der Waals surface area contributed by atoms with Crippen molar-refractivity contribution in [3.63, 3.8) is 0 Å². The third kappa shape index (κ3) is 5.54. The molecular weight excluding hydrogens is 463 g/mol. The highest BCUT2D eigenvalue weighted by Crippen LogP contribution is 2.33. The lowest BCUT2D eigenvalue weighted by molar-refractivity contribution is 0.261. The van der Waals surface area contributed by atoms with Crippen LogP contribution in [0.25, 0.3) is 0 Å². The van der Waals surface area contributed by atoms with Gasteiger partial charge in [0.25, 0.3) is 0 Å². The summed E-state index contributed by atoms with van der Waals surface area (Å²) in [7, 11) is 0. The zero-order valence-electron chi connectivity index (χ0n) is 20.5. The molecule has 0 aliphatic heterocycles. The van der Waals surface area contributed by atoms with Crippen LogP contribution in [-0.4, -0.2) is 25.8 Å². The molecule has 0 unspecified atom stereocenters. The molecule has 2 heterocycles. The smallest absolute Gasteiger partial charge is 0.324 e. The minimum atomic E-state index is -0.723. The van der Waals surface area contributed by atoms with Gasteiger partial charge < -0.3 is 15.8 Å². The van der Waals surface area contributed by atoms with Gasteiger partial charge >= 0.3 is 6.03 Å². The van der Waals surface area contributed by atoms with Crippen LogP contribution in [0, 0.1) is 17.1 Å². The van der Waals surface area contributed by atoms with E-state index in [4.69, 9.17) is 15.6 Å². The van der Waals surface area contributed by atoms with Crippen molar-refractivity contribution in [3.05, 3.63) is 47.7 Å². The Morgan fingerprint density at radius 1 is 1.19 bits per heavy atom. The van der Waals surface area contributed by atoms with Crippen LogP contribution in [0.5, 0.6) is 11.6 Å². The Kier molecular flexibility index (Phi) is 7.05. The highest BCUT2D eigenvalue weighted by molar-refractivity contribution is 5.99. The summed E-state index contributed by atoms with van der Waals surface area (Å²) in [5, 5.41) is 19.4. The van der Waals surface area contributed by atoms with Crippen molar-refractivity contribution in [2.24, 2.45) is 0 Å². The summed E-state index contributed by atoms with van der Waals surface area (Å²) in [5.41, 5.74) is 6.25. The third-order valence-corrected chi connectivity index (χ3v) is 6.02. The lowest BCUT2D eigenvalue weighted by atomic mass is 9.92.